The smallest absolute Gasteiger partial charge is 0.227 e. The standard InChI is InChI=1S/C15H19NO3S/c1-2-20(18,19)14-10-8-13(9-11-14)16-15(17)12-6-4-3-5-7-12/h3-4,8-12H,2,5-7H2,1H3,(H,16,17). The summed E-state index contributed by atoms with van der Waals surface area (Å²) in [5.41, 5.74) is 0.639. The third kappa shape index (κ3) is 3.48. The number of benzene rings is 1. The molecule has 1 N–H and O–H groups in total. The molecule has 0 fully saturated rings. The first-order valence-electron chi connectivity index (χ1n) is 6.81. The van der Waals surface area contributed by atoms with Gasteiger partial charge in [0.15, 0.2) is 9.84 Å². The van der Waals surface area contributed by atoms with Crippen molar-refractivity contribution < 1.29 is 13.2 Å². The molecule has 5 heteroatoms. The molecule has 20 heavy (non-hydrogen) atoms. The fourth-order valence-electron chi connectivity index (χ4n) is 2.19. The zero-order valence-electron chi connectivity index (χ0n) is 11.5. The summed E-state index contributed by atoms with van der Waals surface area (Å²) in [5.74, 6) is 0.0899. The third-order valence-corrected chi connectivity index (χ3v) is 5.25. The van der Waals surface area contributed by atoms with Gasteiger partial charge in [0.2, 0.25) is 5.91 Å². The second-order valence-electron chi connectivity index (χ2n) is 4.90. The number of amides is 1. The van der Waals surface area contributed by atoms with Crippen LogP contribution in [0.25, 0.3) is 0 Å². The van der Waals surface area contributed by atoms with E-state index in [2.05, 4.69) is 11.4 Å². The molecule has 1 aromatic rings. The van der Waals surface area contributed by atoms with E-state index in [1.54, 1.807) is 19.1 Å². The first-order valence-corrected chi connectivity index (χ1v) is 8.47. The summed E-state index contributed by atoms with van der Waals surface area (Å²) in [6.45, 7) is 1.61. The fourth-order valence-corrected chi connectivity index (χ4v) is 3.07. The van der Waals surface area contributed by atoms with E-state index >= 15 is 0 Å². The van der Waals surface area contributed by atoms with Gasteiger partial charge in [0.25, 0.3) is 0 Å². The number of rotatable bonds is 4. The van der Waals surface area contributed by atoms with E-state index in [0.29, 0.717) is 10.6 Å². The maximum atomic E-state index is 12.0. The van der Waals surface area contributed by atoms with Gasteiger partial charge in [0.1, 0.15) is 0 Å². The van der Waals surface area contributed by atoms with Crippen molar-refractivity contribution in [1.29, 1.82) is 0 Å². The Labute approximate surface area is 119 Å². The lowest BCUT2D eigenvalue weighted by Gasteiger charge is -2.17. The van der Waals surface area contributed by atoms with Gasteiger partial charge in [-0.3, -0.25) is 4.79 Å². The molecule has 0 radical (unpaired) electrons. The van der Waals surface area contributed by atoms with Gasteiger partial charge < -0.3 is 5.32 Å². The quantitative estimate of drug-likeness (QED) is 0.868. The molecule has 0 spiro atoms. The highest BCUT2D eigenvalue weighted by molar-refractivity contribution is 7.91. The number of hydrogen-bond donors (Lipinski definition) is 1. The van der Waals surface area contributed by atoms with E-state index < -0.39 is 9.84 Å². The number of sulfone groups is 1. The SMILES string of the molecule is CCS(=O)(=O)c1ccc(NC(=O)C2CC=CCC2)cc1. The first-order chi connectivity index (χ1) is 9.53. The molecular weight excluding hydrogens is 274 g/mol. The van der Waals surface area contributed by atoms with E-state index in [1.165, 1.54) is 12.1 Å². The van der Waals surface area contributed by atoms with Crippen molar-refractivity contribution in [3.05, 3.63) is 36.4 Å². The van der Waals surface area contributed by atoms with E-state index in [4.69, 9.17) is 0 Å². The van der Waals surface area contributed by atoms with Crippen molar-refractivity contribution in [3.63, 3.8) is 0 Å². The Kier molecular flexibility index (Phi) is 4.60. The van der Waals surface area contributed by atoms with Gasteiger partial charge >= 0.3 is 0 Å². The fraction of sp³-hybridized carbons (Fsp3) is 0.400. The highest BCUT2D eigenvalue weighted by atomic mass is 32.2. The zero-order valence-corrected chi connectivity index (χ0v) is 12.3. The van der Waals surface area contributed by atoms with Crippen LogP contribution in [0.2, 0.25) is 0 Å². The summed E-state index contributed by atoms with van der Waals surface area (Å²) in [5, 5.41) is 2.84. The van der Waals surface area contributed by atoms with Crippen LogP contribution in [0.15, 0.2) is 41.3 Å². The summed E-state index contributed by atoms with van der Waals surface area (Å²) >= 11 is 0. The van der Waals surface area contributed by atoms with Crippen molar-refractivity contribution in [2.24, 2.45) is 5.92 Å². The summed E-state index contributed by atoms with van der Waals surface area (Å²) in [6.07, 6.45) is 6.70. The van der Waals surface area contributed by atoms with Crippen LogP contribution in [-0.4, -0.2) is 20.1 Å². The topological polar surface area (TPSA) is 63.2 Å². The second kappa shape index (κ2) is 6.22. The molecule has 0 bridgehead atoms. The van der Waals surface area contributed by atoms with Crippen molar-refractivity contribution in [2.75, 3.05) is 11.1 Å². The maximum absolute atomic E-state index is 12.0. The number of nitrogens with one attached hydrogen (secondary N) is 1. The number of carbonyl (C=O) groups is 1. The third-order valence-electron chi connectivity index (χ3n) is 3.50. The van der Waals surface area contributed by atoms with Crippen LogP contribution in [0.4, 0.5) is 5.69 Å². The molecular formula is C15H19NO3S. The van der Waals surface area contributed by atoms with Crippen LogP contribution in [-0.2, 0) is 14.6 Å². The molecule has 1 aliphatic rings. The van der Waals surface area contributed by atoms with Crippen LogP contribution in [0, 0.1) is 5.92 Å². The van der Waals surface area contributed by atoms with E-state index in [-0.39, 0.29) is 17.6 Å². The average molecular weight is 293 g/mol. The minimum Gasteiger partial charge on any atom is -0.326 e. The molecule has 108 valence electrons. The molecule has 4 nitrogen and oxygen atoms in total. The van der Waals surface area contributed by atoms with Crippen molar-refractivity contribution in [1.82, 2.24) is 0 Å². The Morgan fingerprint density at radius 1 is 1.25 bits per heavy atom. The van der Waals surface area contributed by atoms with Gasteiger partial charge in [0, 0.05) is 11.6 Å². The predicted octanol–water partition coefficient (Wildman–Crippen LogP) is 2.78. The molecule has 0 saturated heterocycles. The Morgan fingerprint density at radius 2 is 1.95 bits per heavy atom. The molecule has 1 aromatic carbocycles. The van der Waals surface area contributed by atoms with Crippen molar-refractivity contribution >= 4 is 21.4 Å². The Balaban J connectivity index is 2.04. The normalized spacial score (nSPS) is 18.8. The Morgan fingerprint density at radius 3 is 2.50 bits per heavy atom. The second-order valence-corrected chi connectivity index (χ2v) is 7.18. The number of hydrogen-bond acceptors (Lipinski definition) is 3. The summed E-state index contributed by atoms with van der Waals surface area (Å²) in [4.78, 5) is 12.3. The Bertz CT molecular complexity index is 603. The molecule has 0 aliphatic heterocycles. The highest BCUT2D eigenvalue weighted by Gasteiger charge is 2.19. The van der Waals surface area contributed by atoms with Crippen LogP contribution in [0.5, 0.6) is 0 Å². The Hall–Kier alpha value is -1.62. The summed E-state index contributed by atoms with van der Waals surface area (Å²) in [7, 11) is -3.19. The van der Waals surface area contributed by atoms with Crippen LogP contribution >= 0.6 is 0 Å². The van der Waals surface area contributed by atoms with Gasteiger partial charge in [0.05, 0.1) is 10.6 Å². The van der Waals surface area contributed by atoms with Gasteiger partial charge in [-0.15, -0.1) is 0 Å². The number of anilines is 1. The van der Waals surface area contributed by atoms with E-state index in [1.807, 2.05) is 6.08 Å². The molecule has 0 heterocycles. The lowest BCUT2D eigenvalue weighted by Crippen LogP contribution is -2.23. The largest absolute Gasteiger partial charge is 0.326 e. The van der Waals surface area contributed by atoms with E-state index in [0.717, 1.165) is 19.3 Å². The van der Waals surface area contributed by atoms with Gasteiger partial charge in [-0.2, -0.15) is 0 Å². The molecule has 1 atom stereocenters. The minimum absolute atomic E-state index is 0.000415. The monoisotopic (exact) mass is 293 g/mol. The minimum atomic E-state index is -3.19. The van der Waals surface area contributed by atoms with Crippen molar-refractivity contribution in [2.45, 2.75) is 31.1 Å². The number of carbonyl (C=O) groups excluding carboxylic acids is 1. The molecule has 0 aromatic heterocycles. The molecule has 2 rings (SSSR count). The van der Waals surface area contributed by atoms with Gasteiger partial charge in [-0.1, -0.05) is 19.1 Å². The average Bonchev–Trinajstić information content (AvgIpc) is 2.48. The van der Waals surface area contributed by atoms with Gasteiger partial charge in [-0.05, 0) is 43.5 Å². The maximum Gasteiger partial charge on any atom is 0.227 e. The predicted molar refractivity (Wildman–Crippen MR) is 79.3 cm³/mol. The molecule has 1 unspecified atom stereocenters. The van der Waals surface area contributed by atoms with Gasteiger partial charge in [-0.25, -0.2) is 8.42 Å². The van der Waals surface area contributed by atoms with Crippen molar-refractivity contribution in [3.8, 4) is 0 Å². The lowest BCUT2D eigenvalue weighted by molar-refractivity contribution is -0.120. The highest BCUT2D eigenvalue weighted by Crippen LogP contribution is 2.21. The van der Waals surface area contributed by atoms with Crippen LogP contribution in [0.3, 0.4) is 0 Å². The summed E-state index contributed by atoms with van der Waals surface area (Å²) in [6, 6.07) is 6.35. The first kappa shape index (κ1) is 14.8. The van der Waals surface area contributed by atoms with Crippen LogP contribution in [0.1, 0.15) is 26.2 Å². The molecule has 1 amide bonds. The zero-order chi connectivity index (χ0) is 14.6. The number of allylic oxidation sites excluding steroid dienone is 2. The van der Waals surface area contributed by atoms with E-state index in [9.17, 15) is 13.2 Å². The molecule has 0 saturated carbocycles. The van der Waals surface area contributed by atoms with Crippen LogP contribution < -0.4 is 5.32 Å². The lowest BCUT2D eigenvalue weighted by atomic mass is 9.93. The summed E-state index contributed by atoms with van der Waals surface area (Å²) < 4.78 is 23.4. The molecule has 1 aliphatic carbocycles.